The maximum absolute atomic E-state index is 12.3. The molecule has 6 heteroatoms. The molecule has 2 amide bonds. The summed E-state index contributed by atoms with van der Waals surface area (Å²) in [5.41, 5.74) is 2.64. The highest BCUT2D eigenvalue weighted by atomic mass is 16.5. The summed E-state index contributed by atoms with van der Waals surface area (Å²) < 4.78 is 10.5. The Bertz CT molecular complexity index is 826. The molecule has 1 atom stereocenters. The molecule has 0 saturated carbocycles. The maximum atomic E-state index is 12.3. The fraction of sp³-hybridized carbons (Fsp3) is 0.391. The van der Waals surface area contributed by atoms with Crippen LogP contribution in [0.4, 0.5) is 5.69 Å². The third-order valence-electron chi connectivity index (χ3n) is 4.51. The zero-order valence-electron chi connectivity index (χ0n) is 17.7. The van der Waals surface area contributed by atoms with Crippen LogP contribution in [0.2, 0.25) is 0 Å². The van der Waals surface area contributed by atoms with Gasteiger partial charge in [-0.2, -0.15) is 0 Å². The molecule has 0 fully saturated rings. The first-order valence-electron chi connectivity index (χ1n) is 9.65. The van der Waals surface area contributed by atoms with E-state index in [2.05, 4.69) is 31.4 Å². The first kappa shape index (κ1) is 22.4. The van der Waals surface area contributed by atoms with Crippen LogP contribution in [0.25, 0.3) is 0 Å². The normalized spacial score (nSPS) is 12.2. The van der Waals surface area contributed by atoms with Gasteiger partial charge in [-0.25, -0.2) is 0 Å². The van der Waals surface area contributed by atoms with Crippen molar-refractivity contribution in [3.05, 3.63) is 59.7 Å². The van der Waals surface area contributed by atoms with Gasteiger partial charge >= 0.3 is 11.8 Å². The van der Waals surface area contributed by atoms with Gasteiger partial charge in [0.1, 0.15) is 12.4 Å². The number of hydrogen-bond acceptors (Lipinski definition) is 4. The van der Waals surface area contributed by atoms with E-state index in [1.807, 2.05) is 31.2 Å². The number of rotatable bonds is 7. The number of ether oxygens (including phenoxy) is 2. The second-order valence-corrected chi connectivity index (χ2v) is 7.86. The molecule has 0 aliphatic rings. The molecular weight excluding hydrogens is 368 g/mol. The van der Waals surface area contributed by atoms with Gasteiger partial charge in [-0.05, 0) is 35.6 Å². The predicted octanol–water partition coefficient (Wildman–Crippen LogP) is 3.83. The molecule has 2 aromatic rings. The molecule has 0 aromatic heterocycles. The Kier molecular flexibility index (Phi) is 7.79. The van der Waals surface area contributed by atoms with Crippen LogP contribution < -0.4 is 15.4 Å². The Hall–Kier alpha value is -2.86. The molecule has 2 N–H and O–H groups in total. The topological polar surface area (TPSA) is 76.7 Å². The van der Waals surface area contributed by atoms with Crippen molar-refractivity contribution in [2.45, 2.75) is 39.2 Å². The number of benzene rings is 2. The Morgan fingerprint density at radius 2 is 1.62 bits per heavy atom. The summed E-state index contributed by atoms with van der Waals surface area (Å²) in [6.45, 7) is 9.06. The molecule has 0 radical (unpaired) electrons. The van der Waals surface area contributed by atoms with Crippen LogP contribution in [0, 0.1) is 0 Å². The third kappa shape index (κ3) is 6.61. The van der Waals surface area contributed by atoms with Gasteiger partial charge in [0.25, 0.3) is 0 Å². The van der Waals surface area contributed by atoms with Crippen molar-refractivity contribution in [1.82, 2.24) is 5.32 Å². The van der Waals surface area contributed by atoms with Crippen LogP contribution in [-0.4, -0.2) is 32.1 Å². The van der Waals surface area contributed by atoms with Gasteiger partial charge in [0.15, 0.2) is 0 Å². The minimum atomic E-state index is -0.744. The monoisotopic (exact) mass is 398 g/mol. The smallest absolute Gasteiger partial charge is 0.313 e. The van der Waals surface area contributed by atoms with Gasteiger partial charge in [-0.1, -0.05) is 57.2 Å². The molecule has 2 rings (SSSR count). The molecule has 0 spiro atoms. The Morgan fingerprint density at radius 1 is 0.966 bits per heavy atom. The molecule has 1 unspecified atom stereocenters. The van der Waals surface area contributed by atoms with Gasteiger partial charge in [-0.3, -0.25) is 9.59 Å². The first-order chi connectivity index (χ1) is 13.7. The molecule has 0 saturated heterocycles. The number of para-hydroxylation sites is 2. The molecule has 2 aromatic carbocycles. The van der Waals surface area contributed by atoms with Gasteiger partial charge in [0.05, 0.1) is 18.3 Å². The molecule has 29 heavy (non-hydrogen) atoms. The second kappa shape index (κ2) is 10.1. The highest BCUT2D eigenvalue weighted by Crippen LogP contribution is 2.25. The lowest BCUT2D eigenvalue weighted by Gasteiger charge is -2.20. The number of anilines is 1. The Balaban J connectivity index is 1.98. The average molecular weight is 399 g/mol. The zero-order valence-corrected chi connectivity index (χ0v) is 17.7. The fourth-order valence-electron chi connectivity index (χ4n) is 2.73. The lowest BCUT2D eigenvalue weighted by atomic mass is 9.86. The van der Waals surface area contributed by atoms with Crippen LogP contribution in [0.3, 0.4) is 0 Å². The Morgan fingerprint density at radius 3 is 2.24 bits per heavy atom. The molecule has 156 valence electrons. The summed E-state index contributed by atoms with van der Waals surface area (Å²) in [6.07, 6.45) is 0. The first-order valence-corrected chi connectivity index (χ1v) is 9.65. The minimum Gasteiger partial charge on any atom is -0.489 e. The van der Waals surface area contributed by atoms with Gasteiger partial charge in [-0.15, -0.1) is 0 Å². The highest BCUT2D eigenvalue weighted by molar-refractivity contribution is 6.39. The van der Waals surface area contributed by atoms with E-state index in [1.165, 1.54) is 5.56 Å². The summed E-state index contributed by atoms with van der Waals surface area (Å²) in [5, 5.41) is 5.34. The van der Waals surface area contributed by atoms with E-state index in [0.717, 1.165) is 5.56 Å². The molecule has 0 heterocycles. The number of amides is 2. The minimum absolute atomic E-state index is 0.0591. The van der Waals surface area contributed by atoms with Crippen LogP contribution in [-0.2, 0) is 19.7 Å². The van der Waals surface area contributed by atoms with Crippen LogP contribution in [0.1, 0.15) is 44.9 Å². The van der Waals surface area contributed by atoms with Crippen molar-refractivity contribution in [1.29, 1.82) is 0 Å². The summed E-state index contributed by atoms with van der Waals surface area (Å²) >= 11 is 0. The average Bonchev–Trinajstić information content (AvgIpc) is 2.68. The largest absolute Gasteiger partial charge is 0.489 e. The van der Waals surface area contributed by atoms with Crippen LogP contribution in [0.5, 0.6) is 5.75 Å². The van der Waals surface area contributed by atoms with Crippen molar-refractivity contribution < 1.29 is 19.1 Å². The molecular formula is C23H30N2O4. The van der Waals surface area contributed by atoms with Crippen molar-refractivity contribution in [3.63, 3.8) is 0 Å². The SMILES string of the molecule is COCCOc1ccccc1NC(=O)C(=O)NC(C)c1ccc(C(C)(C)C)cc1. The maximum Gasteiger partial charge on any atom is 0.313 e. The summed E-state index contributed by atoms with van der Waals surface area (Å²) in [7, 11) is 1.58. The third-order valence-corrected chi connectivity index (χ3v) is 4.51. The lowest BCUT2D eigenvalue weighted by Crippen LogP contribution is -2.37. The van der Waals surface area contributed by atoms with E-state index in [0.29, 0.717) is 24.7 Å². The van der Waals surface area contributed by atoms with E-state index in [9.17, 15) is 9.59 Å². The molecule has 0 aliphatic carbocycles. The van der Waals surface area contributed by atoms with Crippen molar-refractivity contribution in [2.75, 3.05) is 25.6 Å². The second-order valence-electron chi connectivity index (χ2n) is 7.86. The van der Waals surface area contributed by atoms with Crippen LogP contribution in [0.15, 0.2) is 48.5 Å². The van der Waals surface area contributed by atoms with E-state index in [4.69, 9.17) is 9.47 Å². The quantitative estimate of drug-likeness (QED) is 0.549. The van der Waals surface area contributed by atoms with Gasteiger partial charge in [0, 0.05) is 7.11 Å². The molecule has 0 bridgehead atoms. The van der Waals surface area contributed by atoms with Crippen molar-refractivity contribution in [3.8, 4) is 5.75 Å². The number of hydrogen-bond donors (Lipinski definition) is 2. The number of nitrogens with one attached hydrogen (secondary N) is 2. The number of carbonyl (C=O) groups is 2. The Labute approximate surface area is 172 Å². The number of methoxy groups -OCH3 is 1. The summed E-state index contributed by atoms with van der Waals surface area (Å²) in [5.74, 6) is -0.966. The number of carbonyl (C=O) groups excluding carboxylic acids is 2. The van der Waals surface area contributed by atoms with Gasteiger partial charge in [0.2, 0.25) is 0 Å². The van der Waals surface area contributed by atoms with Crippen LogP contribution >= 0.6 is 0 Å². The molecule has 6 nitrogen and oxygen atoms in total. The lowest BCUT2D eigenvalue weighted by molar-refractivity contribution is -0.136. The van der Waals surface area contributed by atoms with Gasteiger partial charge < -0.3 is 20.1 Å². The van der Waals surface area contributed by atoms with Crippen molar-refractivity contribution >= 4 is 17.5 Å². The fourth-order valence-corrected chi connectivity index (χ4v) is 2.73. The van der Waals surface area contributed by atoms with Crippen molar-refractivity contribution in [2.24, 2.45) is 0 Å². The standard InChI is InChI=1S/C23H30N2O4/c1-16(17-10-12-18(13-11-17)23(2,3)4)24-21(26)22(27)25-19-8-6-7-9-20(19)29-15-14-28-5/h6-13,16H,14-15H2,1-5H3,(H,24,26)(H,25,27). The van der Waals surface area contributed by atoms with E-state index < -0.39 is 11.8 Å². The summed E-state index contributed by atoms with van der Waals surface area (Å²) in [4.78, 5) is 24.7. The summed E-state index contributed by atoms with van der Waals surface area (Å²) in [6, 6.07) is 14.7. The highest BCUT2D eigenvalue weighted by Gasteiger charge is 2.19. The van der Waals surface area contributed by atoms with E-state index in [-0.39, 0.29) is 11.5 Å². The zero-order chi connectivity index (χ0) is 21.4. The van der Waals surface area contributed by atoms with E-state index >= 15 is 0 Å². The predicted molar refractivity (Wildman–Crippen MR) is 114 cm³/mol. The molecule has 0 aliphatic heterocycles. The van der Waals surface area contributed by atoms with E-state index in [1.54, 1.807) is 31.4 Å².